The summed E-state index contributed by atoms with van der Waals surface area (Å²) >= 11 is 0. The highest BCUT2D eigenvalue weighted by atomic mass is 35.5. The summed E-state index contributed by atoms with van der Waals surface area (Å²) in [7, 11) is 0. The summed E-state index contributed by atoms with van der Waals surface area (Å²) in [5, 5.41) is 0. The average molecular weight is 452 g/mol. The van der Waals surface area contributed by atoms with Gasteiger partial charge in [-0.1, -0.05) is 33.3 Å². The molecule has 3 fully saturated rings. The molecule has 4 aliphatic carbocycles. The van der Waals surface area contributed by atoms with Crippen molar-refractivity contribution < 1.29 is 14.3 Å². The summed E-state index contributed by atoms with van der Waals surface area (Å²) in [6.07, 6.45) is 11.2. The lowest BCUT2D eigenvalue weighted by molar-refractivity contribution is -0.151. The highest BCUT2D eigenvalue weighted by Crippen LogP contribution is 2.66. The molecule has 31 heavy (non-hydrogen) atoms. The first-order chi connectivity index (χ1) is 14.1. The molecule has 0 saturated heterocycles. The number of hydrogen-bond acceptors (Lipinski definition) is 4. The highest BCUT2D eigenvalue weighted by molar-refractivity contribution is 5.85. The van der Waals surface area contributed by atoms with Gasteiger partial charge in [-0.15, -0.1) is 12.4 Å². The highest BCUT2D eigenvalue weighted by Gasteiger charge is 2.59. The molecule has 0 unspecified atom stereocenters. The molecule has 0 radical (unpaired) electrons. The van der Waals surface area contributed by atoms with Gasteiger partial charge in [0.25, 0.3) is 0 Å². The molecule has 0 bridgehead atoms. The van der Waals surface area contributed by atoms with Crippen molar-refractivity contribution >= 4 is 24.2 Å². The molecule has 2 N–H and O–H groups in total. The van der Waals surface area contributed by atoms with Crippen molar-refractivity contribution in [1.29, 1.82) is 0 Å². The fraction of sp³-hybridized carbons (Fsp3) is 0.846. The molecule has 4 nitrogen and oxygen atoms in total. The van der Waals surface area contributed by atoms with Gasteiger partial charge in [-0.25, -0.2) is 0 Å². The summed E-state index contributed by atoms with van der Waals surface area (Å²) < 4.78 is 5.79. The van der Waals surface area contributed by atoms with Crippen LogP contribution in [0.4, 0.5) is 0 Å². The Bertz CT molecular complexity index is 749. The Kier molecular flexibility index (Phi) is 7.04. The Labute approximate surface area is 194 Å². The number of Topliss-reactive ketones (excluding diaryl/α,β-unsaturated/α-hetero) is 1. The van der Waals surface area contributed by atoms with Crippen LogP contribution in [-0.2, 0) is 14.3 Å². The smallest absolute Gasteiger partial charge is 0.323 e. The average Bonchev–Trinajstić information content (AvgIpc) is 3.05. The van der Waals surface area contributed by atoms with Crippen LogP contribution in [0.25, 0.3) is 0 Å². The van der Waals surface area contributed by atoms with Gasteiger partial charge in [0.2, 0.25) is 0 Å². The zero-order valence-corrected chi connectivity index (χ0v) is 20.8. The van der Waals surface area contributed by atoms with Gasteiger partial charge >= 0.3 is 5.97 Å². The fourth-order valence-corrected chi connectivity index (χ4v) is 7.96. The minimum Gasteiger partial charge on any atom is -0.457 e. The van der Waals surface area contributed by atoms with E-state index in [0.717, 1.165) is 31.6 Å². The van der Waals surface area contributed by atoms with Crippen LogP contribution in [0.5, 0.6) is 0 Å². The number of ketones is 1. The number of esters is 1. The zero-order valence-electron chi connectivity index (χ0n) is 20.0. The topological polar surface area (TPSA) is 69.4 Å². The first-order valence-electron chi connectivity index (χ1n) is 12.3. The normalized spacial score (nSPS) is 42.4. The summed E-state index contributed by atoms with van der Waals surface area (Å²) in [6, 6.07) is -0.542. The fourth-order valence-electron chi connectivity index (χ4n) is 7.96. The van der Waals surface area contributed by atoms with Crippen LogP contribution in [-0.4, -0.2) is 23.9 Å². The number of fused-ring (bicyclic) bond motifs is 5. The number of nitrogens with two attached hydrogens (primary N) is 1. The predicted molar refractivity (Wildman–Crippen MR) is 126 cm³/mol. The standard InChI is InChI=1S/C26H41NO3.ClH/c1-15(2)23(27)24(29)30-18-10-12-25(4)17(14-18)6-7-19-21-9-8-20(16(3)28)26(21,5)13-11-22(19)25;/h14-15,18-23H,6-13,27H2,1-5H3;1H/t18-,19-,20+,21-,22-,23-,25-,26+;/m0./s1. The minimum atomic E-state index is -0.542. The predicted octanol–water partition coefficient (Wildman–Crippen LogP) is 5.47. The maximum Gasteiger partial charge on any atom is 0.323 e. The Morgan fingerprint density at radius 2 is 1.77 bits per heavy atom. The van der Waals surface area contributed by atoms with Crippen LogP contribution in [0.3, 0.4) is 0 Å². The van der Waals surface area contributed by atoms with Crippen LogP contribution < -0.4 is 5.73 Å². The monoisotopic (exact) mass is 451 g/mol. The van der Waals surface area contributed by atoms with Crippen molar-refractivity contribution in [3.05, 3.63) is 11.6 Å². The van der Waals surface area contributed by atoms with E-state index in [1.165, 1.54) is 31.3 Å². The van der Waals surface area contributed by atoms with Crippen molar-refractivity contribution in [2.24, 2.45) is 46.2 Å². The second-order valence-corrected chi connectivity index (χ2v) is 11.6. The molecule has 0 amide bonds. The van der Waals surface area contributed by atoms with Crippen molar-refractivity contribution in [1.82, 2.24) is 0 Å². The third kappa shape index (κ3) is 4.01. The molecular formula is C26H42ClNO3. The third-order valence-electron chi connectivity index (χ3n) is 9.82. The van der Waals surface area contributed by atoms with E-state index in [4.69, 9.17) is 10.5 Å². The van der Waals surface area contributed by atoms with E-state index in [2.05, 4.69) is 19.9 Å². The molecule has 176 valence electrons. The van der Waals surface area contributed by atoms with Crippen molar-refractivity contribution in [2.75, 3.05) is 0 Å². The summed E-state index contributed by atoms with van der Waals surface area (Å²) in [6.45, 7) is 10.6. The number of allylic oxidation sites excluding steroid dienone is 1. The number of halogens is 1. The quantitative estimate of drug-likeness (QED) is 0.454. The number of rotatable bonds is 4. The minimum absolute atomic E-state index is 0. The van der Waals surface area contributed by atoms with E-state index in [9.17, 15) is 9.59 Å². The Morgan fingerprint density at radius 3 is 2.42 bits per heavy atom. The van der Waals surface area contributed by atoms with E-state index < -0.39 is 6.04 Å². The largest absolute Gasteiger partial charge is 0.457 e. The lowest BCUT2D eigenvalue weighted by Crippen LogP contribution is -2.51. The number of ether oxygens (including phenoxy) is 1. The maximum atomic E-state index is 12.4. The number of carbonyl (C=O) groups is 2. The summed E-state index contributed by atoms with van der Waals surface area (Å²) in [5.41, 5.74) is 7.94. The molecule has 0 spiro atoms. The Hall–Kier alpha value is -0.870. The van der Waals surface area contributed by atoms with E-state index in [0.29, 0.717) is 17.6 Å². The lowest BCUT2D eigenvalue weighted by Gasteiger charge is -2.58. The molecule has 4 aliphatic rings. The maximum absolute atomic E-state index is 12.4. The molecule has 4 rings (SSSR count). The Morgan fingerprint density at radius 1 is 1.06 bits per heavy atom. The van der Waals surface area contributed by atoms with E-state index >= 15 is 0 Å². The van der Waals surface area contributed by atoms with Crippen molar-refractivity contribution in [3.63, 3.8) is 0 Å². The zero-order chi connectivity index (χ0) is 21.8. The van der Waals surface area contributed by atoms with E-state index in [1.54, 1.807) is 6.92 Å². The lowest BCUT2D eigenvalue weighted by atomic mass is 9.46. The number of hydrogen-bond donors (Lipinski definition) is 1. The van der Waals surface area contributed by atoms with Crippen molar-refractivity contribution in [2.45, 2.75) is 98.1 Å². The van der Waals surface area contributed by atoms with Crippen LogP contribution >= 0.6 is 12.4 Å². The molecule has 0 aromatic rings. The van der Waals surface area contributed by atoms with Crippen LogP contribution in [0.15, 0.2) is 11.6 Å². The Balaban J connectivity index is 0.00000272. The van der Waals surface area contributed by atoms with E-state index in [1.807, 2.05) is 13.8 Å². The molecule has 3 saturated carbocycles. The van der Waals surface area contributed by atoms with Crippen molar-refractivity contribution in [3.8, 4) is 0 Å². The van der Waals surface area contributed by atoms with E-state index in [-0.39, 0.29) is 47.1 Å². The van der Waals surface area contributed by atoms with Gasteiger partial charge in [0.05, 0.1) is 0 Å². The SMILES string of the molecule is CC(=O)[C@H]1CC[C@H]2[C@@H]3CCC4=C[C@@H](OC(=O)[C@@H](N)C(C)C)CC[C@]4(C)[C@H]3CC[C@]12C.Cl. The van der Waals surface area contributed by atoms with Gasteiger partial charge in [0.15, 0.2) is 0 Å². The molecule has 8 atom stereocenters. The van der Waals surface area contributed by atoms with Gasteiger partial charge in [0, 0.05) is 5.92 Å². The van der Waals surface area contributed by atoms with Gasteiger partial charge in [-0.2, -0.15) is 0 Å². The third-order valence-corrected chi connectivity index (χ3v) is 9.82. The molecule has 0 aliphatic heterocycles. The second kappa shape index (κ2) is 8.82. The molecule has 5 heteroatoms. The van der Waals surface area contributed by atoms with Gasteiger partial charge in [-0.3, -0.25) is 9.59 Å². The molecule has 0 heterocycles. The summed E-state index contributed by atoms with van der Waals surface area (Å²) in [5.74, 6) is 2.65. The molecular weight excluding hydrogens is 410 g/mol. The molecule has 0 aromatic heterocycles. The van der Waals surface area contributed by atoms with Gasteiger partial charge in [-0.05, 0) is 98.9 Å². The van der Waals surface area contributed by atoms with Gasteiger partial charge in [0.1, 0.15) is 17.9 Å². The van der Waals surface area contributed by atoms with Gasteiger partial charge < -0.3 is 10.5 Å². The second-order valence-electron chi connectivity index (χ2n) is 11.6. The first-order valence-corrected chi connectivity index (χ1v) is 12.3. The summed E-state index contributed by atoms with van der Waals surface area (Å²) in [4.78, 5) is 24.7. The molecule has 0 aromatic carbocycles. The van der Waals surface area contributed by atoms with Crippen LogP contribution in [0.1, 0.15) is 86.0 Å². The first kappa shape index (κ1) is 24.8. The van der Waals surface area contributed by atoms with Crippen LogP contribution in [0, 0.1) is 40.4 Å². The van der Waals surface area contributed by atoms with Crippen LogP contribution in [0.2, 0.25) is 0 Å². The number of carbonyl (C=O) groups excluding carboxylic acids is 2.